The number of fused-ring (bicyclic) bond motifs is 1. The lowest BCUT2D eigenvalue weighted by molar-refractivity contribution is 0.132. The fraction of sp³-hybridized carbons (Fsp3) is 0.273. The molecule has 3 rings (SSSR count). The van der Waals surface area contributed by atoms with Crippen LogP contribution in [0, 0.1) is 12.3 Å². The second-order valence-corrected chi connectivity index (χ2v) is 5.98. The molecule has 0 atom stereocenters. The number of hydrogen-bond donors (Lipinski definition) is 1. The van der Waals surface area contributed by atoms with Crippen molar-refractivity contribution in [1.82, 2.24) is 9.97 Å². The molecule has 0 aliphatic heterocycles. The van der Waals surface area contributed by atoms with Gasteiger partial charge in [0, 0.05) is 36.9 Å². The van der Waals surface area contributed by atoms with Crippen molar-refractivity contribution in [3.63, 3.8) is 0 Å². The largest absolute Gasteiger partial charge is 0.487 e. The quantitative estimate of drug-likeness (QED) is 0.416. The predicted molar refractivity (Wildman–Crippen MR) is 112 cm³/mol. The third kappa shape index (κ3) is 5.35. The molecule has 1 N–H and O–H groups in total. The third-order valence-corrected chi connectivity index (χ3v) is 4.00. The van der Waals surface area contributed by atoms with Crippen LogP contribution in [0.3, 0.4) is 0 Å². The van der Waals surface area contributed by atoms with Crippen molar-refractivity contribution in [2.24, 2.45) is 0 Å². The third-order valence-electron chi connectivity index (χ3n) is 4.00. The number of ether oxygens (including phenoxy) is 4. The summed E-state index contributed by atoms with van der Waals surface area (Å²) in [7, 11) is 3.20. The van der Waals surface area contributed by atoms with Crippen LogP contribution < -0.4 is 14.8 Å². The number of methoxy groups -OCH3 is 2. The van der Waals surface area contributed by atoms with Gasteiger partial charge in [0.15, 0.2) is 12.9 Å². The molecule has 0 bridgehead atoms. The number of benzene rings is 2. The van der Waals surface area contributed by atoms with Crippen molar-refractivity contribution in [3.05, 3.63) is 48.3 Å². The number of rotatable bonds is 10. The number of aromatic nitrogens is 2. The van der Waals surface area contributed by atoms with Crippen LogP contribution in [0.15, 0.2) is 42.7 Å². The van der Waals surface area contributed by atoms with Gasteiger partial charge in [0.2, 0.25) is 0 Å². The first-order valence-corrected chi connectivity index (χ1v) is 9.02. The fourth-order valence-electron chi connectivity index (χ4n) is 2.61. The predicted octanol–water partition coefficient (Wildman–Crippen LogP) is 3.41. The van der Waals surface area contributed by atoms with Gasteiger partial charge in [0.05, 0.1) is 18.7 Å². The lowest BCUT2D eigenvalue weighted by atomic mass is 10.2. The molecule has 0 fully saturated rings. The monoisotopic (exact) mass is 395 g/mol. The maximum atomic E-state index is 8.63. The SMILES string of the molecule is [2H]C#Cc1cccc(N([2H])c2ncnc3cc(OCCOC)c(OCCOC)cc23)c1. The van der Waals surface area contributed by atoms with Crippen molar-refractivity contribution >= 4 is 22.4 Å². The summed E-state index contributed by atoms with van der Waals surface area (Å²) in [6.07, 6.45) is 3.52. The first-order valence-electron chi connectivity index (χ1n) is 9.96. The van der Waals surface area contributed by atoms with E-state index in [-0.39, 0.29) is 0 Å². The van der Waals surface area contributed by atoms with Gasteiger partial charge >= 0.3 is 0 Å². The highest BCUT2D eigenvalue weighted by Gasteiger charge is 2.13. The lowest BCUT2D eigenvalue weighted by Crippen LogP contribution is -2.09. The number of hydrogen-bond acceptors (Lipinski definition) is 7. The van der Waals surface area contributed by atoms with E-state index < -0.39 is 0 Å². The molecule has 1 aromatic heterocycles. The smallest absolute Gasteiger partial charge is 0.168 e. The van der Waals surface area contributed by atoms with Gasteiger partial charge in [-0.15, -0.1) is 6.40 Å². The van der Waals surface area contributed by atoms with E-state index in [1.165, 1.54) is 11.6 Å². The molecule has 0 saturated heterocycles. The Balaban J connectivity index is 2.02. The van der Waals surface area contributed by atoms with E-state index in [0.29, 0.717) is 65.9 Å². The molecule has 7 nitrogen and oxygen atoms in total. The topological polar surface area (TPSA) is 74.7 Å². The van der Waals surface area contributed by atoms with Gasteiger partial charge in [-0.1, -0.05) is 12.0 Å². The number of nitrogens with one attached hydrogen (secondary N) is 1. The highest BCUT2D eigenvalue weighted by molar-refractivity contribution is 5.93. The summed E-state index contributed by atoms with van der Waals surface area (Å²) in [4.78, 5) is 8.65. The van der Waals surface area contributed by atoms with E-state index in [0.717, 1.165) is 0 Å². The van der Waals surface area contributed by atoms with Crippen LogP contribution >= 0.6 is 0 Å². The van der Waals surface area contributed by atoms with Gasteiger partial charge in [-0.3, -0.25) is 0 Å². The van der Waals surface area contributed by atoms with Crippen molar-refractivity contribution in [1.29, 1.82) is 0 Å². The highest BCUT2D eigenvalue weighted by Crippen LogP contribution is 2.35. The van der Waals surface area contributed by atoms with E-state index in [2.05, 4.69) is 22.3 Å². The molecule has 2 aromatic carbocycles. The molecule has 7 heteroatoms. The van der Waals surface area contributed by atoms with E-state index in [4.69, 9.17) is 21.7 Å². The second kappa shape index (κ2) is 10.3. The van der Waals surface area contributed by atoms with Gasteiger partial charge in [-0.25, -0.2) is 9.97 Å². The van der Waals surface area contributed by atoms with Crippen LogP contribution in [0.25, 0.3) is 10.9 Å². The Hall–Kier alpha value is -3.34. The van der Waals surface area contributed by atoms with E-state index >= 15 is 0 Å². The standard InChI is InChI=1S/C22H23N3O4/c1-4-16-6-5-7-17(12-16)25-22-18-13-20(28-10-8-26-2)21(29-11-9-27-3)14-19(18)23-15-24-22/h1,5-7,12-15H,8-11H2,2-3H3,(H,23,24,25)/i1D/hD. The molecule has 0 spiro atoms. The van der Waals surface area contributed by atoms with Crippen molar-refractivity contribution in [2.75, 3.05) is 46.0 Å². The Morgan fingerprint density at radius 2 is 1.79 bits per heavy atom. The van der Waals surface area contributed by atoms with Crippen LogP contribution in [0.2, 0.25) is 1.41 Å². The van der Waals surface area contributed by atoms with Crippen LogP contribution in [-0.2, 0) is 9.47 Å². The second-order valence-electron chi connectivity index (χ2n) is 5.98. The summed E-state index contributed by atoms with van der Waals surface area (Å²) in [6.45, 7) is 1.55. The molecule has 0 aliphatic rings. The summed E-state index contributed by atoms with van der Waals surface area (Å²) < 4.78 is 37.5. The van der Waals surface area contributed by atoms with Gasteiger partial charge < -0.3 is 24.3 Å². The zero-order valence-corrected chi connectivity index (χ0v) is 16.3. The Morgan fingerprint density at radius 1 is 1.03 bits per heavy atom. The fourth-order valence-corrected chi connectivity index (χ4v) is 2.61. The maximum Gasteiger partial charge on any atom is 0.168 e. The van der Waals surface area contributed by atoms with Crippen LogP contribution in [0.5, 0.6) is 11.5 Å². The molecular formula is C22H23N3O4. The first kappa shape index (κ1) is 17.7. The zero-order chi connectivity index (χ0) is 22.1. The molecule has 0 aliphatic carbocycles. The average molecular weight is 395 g/mol. The Labute approximate surface area is 172 Å². The number of anilines is 2. The average Bonchev–Trinajstić information content (AvgIpc) is 2.79. The van der Waals surface area contributed by atoms with Gasteiger partial charge in [-0.2, -0.15) is 0 Å². The molecule has 3 aromatic rings. The minimum atomic E-state index is 0.337. The van der Waals surface area contributed by atoms with Crippen LogP contribution in [0.1, 0.15) is 6.93 Å². The van der Waals surface area contributed by atoms with Crippen LogP contribution in [0.4, 0.5) is 11.5 Å². The van der Waals surface area contributed by atoms with E-state index in [1.54, 1.807) is 50.6 Å². The number of terminal acetylenes is 1. The van der Waals surface area contributed by atoms with Crippen molar-refractivity contribution in [3.8, 4) is 23.8 Å². The Kier molecular flexibility index (Phi) is 6.28. The van der Waals surface area contributed by atoms with Gasteiger partial charge in [-0.05, 0) is 24.3 Å². The maximum absolute atomic E-state index is 8.63. The minimum absolute atomic E-state index is 0.337. The molecule has 1 heterocycles. The molecular weight excluding hydrogens is 370 g/mol. The van der Waals surface area contributed by atoms with E-state index in [9.17, 15) is 0 Å². The summed E-state index contributed by atoms with van der Waals surface area (Å²) in [5.74, 6) is 4.07. The summed E-state index contributed by atoms with van der Waals surface area (Å²) >= 11 is 0. The minimum Gasteiger partial charge on any atom is -0.487 e. The lowest BCUT2D eigenvalue weighted by Gasteiger charge is -2.15. The molecule has 29 heavy (non-hydrogen) atoms. The zero-order valence-electron chi connectivity index (χ0n) is 18.3. The molecule has 0 saturated carbocycles. The van der Waals surface area contributed by atoms with Crippen molar-refractivity contribution < 1.29 is 21.7 Å². The summed E-state index contributed by atoms with van der Waals surface area (Å²) in [6, 6.07) is 10.6. The molecule has 0 radical (unpaired) electrons. The molecule has 0 unspecified atom stereocenters. The number of nitrogens with zero attached hydrogens (tertiary/aromatic N) is 2. The Bertz CT molecular complexity index is 1090. The van der Waals surface area contributed by atoms with Crippen LogP contribution in [-0.4, -0.2) is 50.6 Å². The van der Waals surface area contributed by atoms with E-state index in [1.807, 2.05) is 0 Å². The van der Waals surface area contributed by atoms with Crippen molar-refractivity contribution in [2.45, 2.75) is 0 Å². The molecule has 150 valence electrons. The van der Waals surface area contributed by atoms with Gasteiger partial charge in [0.25, 0.3) is 0 Å². The Morgan fingerprint density at radius 3 is 2.52 bits per heavy atom. The first-order chi connectivity index (χ1) is 15.2. The summed E-state index contributed by atoms with van der Waals surface area (Å²) in [5, 5.41) is 1.82. The van der Waals surface area contributed by atoms with Gasteiger partial charge in [0.1, 0.15) is 26.7 Å². The highest BCUT2D eigenvalue weighted by atomic mass is 16.5. The summed E-state index contributed by atoms with van der Waals surface area (Å²) in [5.41, 5.74) is 1.80. The normalized spacial score (nSPS) is 11.2. The molecule has 0 amide bonds.